The molecule has 0 atom stereocenters. The predicted molar refractivity (Wildman–Crippen MR) is 109 cm³/mol. The number of rotatable bonds is 7. The van der Waals surface area contributed by atoms with E-state index in [1.165, 1.54) is 30.4 Å². The molecule has 0 spiro atoms. The fraction of sp³-hybridized carbons (Fsp3) is 0.375. The first-order valence-electron chi connectivity index (χ1n) is 9.73. The average Bonchev–Trinajstić information content (AvgIpc) is 2.68. The van der Waals surface area contributed by atoms with E-state index in [1.807, 2.05) is 6.08 Å². The summed E-state index contributed by atoms with van der Waals surface area (Å²) < 4.78 is 0. The van der Waals surface area contributed by atoms with Crippen LogP contribution < -0.4 is 0 Å². The van der Waals surface area contributed by atoms with Gasteiger partial charge in [0.2, 0.25) is 0 Å². The second-order valence-corrected chi connectivity index (χ2v) is 7.44. The Kier molecular flexibility index (Phi) is 6.79. The Hall–Kier alpha value is -2.19. The lowest BCUT2D eigenvalue weighted by molar-refractivity contribution is -0.114. The number of likely N-dealkylation sites (tertiary alicyclic amines) is 1. The first-order chi connectivity index (χ1) is 12.7. The number of benzene rings is 2. The van der Waals surface area contributed by atoms with Gasteiger partial charge in [-0.25, -0.2) is 0 Å². The first-order valence-corrected chi connectivity index (χ1v) is 9.73. The molecular weight excluding hydrogens is 318 g/mol. The summed E-state index contributed by atoms with van der Waals surface area (Å²) in [5, 5.41) is 0. The molecule has 1 aliphatic rings. The van der Waals surface area contributed by atoms with Crippen molar-refractivity contribution in [1.82, 2.24) is 4.90 Å². The van der Waals surface area contributed by atoms with Crippen LogP contribution in [0.3, 0.4) is 0 Å². The smallest absolute Gasteiger partial charge is 0.156 e. The molecule has 1 saturated heterocycles. The molecule has 0 N–H and O–H groups in total. The van der Waals surface area contributed by atoms with Crippen LogP contribution in [-0.4, -0.2) is 30.3 Å². The highest BCUT2D eigenvalue weighted by Crippen LogP contribution is 2.21. The fourth-order valence-corrected chi connectivity index (χ4v) is 3.58. The summed E-state index contributed by atoms with van der Waals surface area (Å²) in [5.74, 6) is 1.00. The molecule has 0 radical (unpaired) electrons. The second kappa shape index (κ2) is 9.49. The quantitative estimate of drug-likeness (QED) is 0.663. The molecule has 0 aromatic heterocycles. The number of carbonyl (C=O) groups excluding carboxylic acids is 1. The molecule has 26 heavy (non-hydrogen) atoms. The van der Waals surface area contributed by atoms with Crippen molar-refractivity contribution in [3.63, 3.8) is 0 Å². The number of hydrogen-bond acceptors (Lipinski definition) is 2. The largest absolute Gasteiger partial charge is 0.303 e. The van der Waals surface area contributed by atoms with Crippen LogP contribution in [0.15, 0.2) is 60.7 Å². The zero-order valence-corrected chi connectivity index (χ0v) is 15.7. The summed E-state index contributed by atoms with van der Waals surface area (Å²) in [6.07, 6.45) is 7.93. The van der Waals surface area contributed by atoms with Crippen LogP contribution in [0.25, 0.3) is 6.08 Å². The molecule has 136 valence electrons. The summed E-state index contributed by atoms with van der Waals surface area (Å²) >= 11 is 0. The molecule has 3 rings (SSSR count). The summed E-state index contributed by atoms with van der Waals surface area (Å²) in [6, 6.07) is 19.0. The van der Waals surface area contributed by atoms with Gasteiger partial charge < -0.3 is 4.90 Å². The van der Waals surface area contributed by atoms with Crippen LogP contribution in [0.1, 0.15) is 36.0 Å². The van der Waals surface area contributed by atoms with Gasteiger partial charge in [-0.15, -0.1) is 0 Å². The zero-order chi connectivity index (χ0) is 18.2. The minimum Gasteiger partial charge on any atom is -0.303 e. The maximum absolute atomic E-state index is 12.1. The van der Waals surface area contributed by atoms with E-state index in [4.69, 9.17) is 0 Å². The maximum Gasteiger partial charge on any atom is 0.156 e. The Morgan fingerprint density at radius 1 is 1.04 bits per heavy atom. The molecular formula is C24H29NO. The Bertz CT molecular complexity index is 710. The minimum atomic E-state index is 0.219. The number of carbonyl (C=O) groups is 1. The van der Waals surface area contributed by atoms with Crippen LogP contribution >= 0.6 is 0 Å². The summed E-state index contributed by atoms with van der Waals surface area (Å²) in [4.78, 5) is 14.6. The number of hydrogen-bond donors (Lipinski definition) is 0. The average molecular weight is 348 g/mol. The molecule has 2 aromatic rings. The third-order valence-electron chi connectivity index (χ3n) is 5.29. The molecule has 0 bridgehead atoms. The molecule has 1 heterocycles. The first kappa shape index (κ1) is 18.6. The van der Waals surface area contributed by atoms with E-state index < -0.39 is 0 Å². The standard InChI is InChI=1S/C24H29NO/c1-20-7-9-21(10-8-20)11-12-24(26)15-18-25-16-13-23(14-17-25)19-22-5-3-2-4-6-22/h2-12,23H,13-19H2,1H3/b12-11+. The van der Waals surface area contributed by atoms with E-state index in [0.717, 1.165) is 31.1 Å². The highest BCUT2D eigenvalue weighted by Gasteiger charge is 2.19. The monoisotopic (exact) mass is 347 g/mol. The Balaban J connectivity index is 1.36. The molecule has 0 amide bonds. The van der Waals surface area contributed by atoms with Gasteiger partial charge in [0.25, 0.3) is 0 Å². The van der Waals surface area contributed by atoms with Crippen molar-refractivity contribution in [3.8, 4) is 0 Å². The van der Waals surface area contributed by atoms with Crippen molar-refractivity contribution in [2.75, 3.05) is 19.6 Å². The van der Waals surface area contributed by atoms with Crippen molar-refractivity contribution in [2.24, 2.45) is 5.92 Å². The van der Waals surface area contributed by atoms with Crippen LogP contribution in [0.5, 0.6) is 0 Å². The van der Waals surface area contributed by atoms with E-state index in [-0.39, 0.29) is 5.78 Å². The van der Waals surface area contributed by atoms with Crippen LogP contribution in [-0.2, 0) is 11.2 Å². The van der Waals surface area contributed by atoms with Gasteiger partial charge in [-0.1, -0.05) is 66.2 Å². The van der Waals surface area contributed by atoms with E-state index in [0.29, 0.717) is 6.42 Å². The van der Waals surface area contributed by atoms with Crippen LogP contribution in [0, 0.1) is 12.8 Å². The second-order valence-electron chi connectivity index (χ2n) is 7.44. The number of nitrogens with zero attached hydrogens (tertiary/aromatic N) is 1. The van der Waals surface area contributed by atoms with Gasteiger partial charge in [-0.05, 0) is 62.4 Å². The number of ketones is 1. The third kappa shape index (κ3) is 5.96. The molecule has 2 nitrogen and oxygen atoms in total. The van der Waals surface area contributed by atoms with Crippen molar-refractivity contribution >= 4 is 11.9 Å². The van der Waals surface area contributed by atoms with E-state index in [1.54, 1.807) is 6.08 Å². The highest BCUT2D eigenvalue weighted by molar-refractivity contribution is 5.93. The Labute approximate surface area is 157 Å². The van der Waals surface area contributed by atoms with Gasteiger partial charge in [-0.2, -0.15) is 0 Å². The number of allylic oxidation sites excluding steroid dienone is 1. The lowest BCUT2D eigenvalue weighted by atomic mass is 9.90. The summed E-state index contributed by atoms with van der Waals surface area (Å²) in [7, 11) is 0. The van der Waals surface area contributed by atoms with Crippen molar-refractivity contribution in [2.45, 2.75) is 32.6 Å². The lowest BCUT2D eigenvalue weighted by Gasteiger charge is -2.31. The topological polar surface area (TPSA) is 20.3 Å². The summed E-state index contributed by atoms with van der Waals surface area (Å²) in [5.41, 5.74) is 3.78. The van der Waals surface area contributed by atoms with Gasteiger partial charge in [-0.3, -0.25) is 4.79 Å². The Morgan fingerprint density at radius 3 is 2.42 bits per heavy atom. The molecule has 1 fully saturated rings. The zero-order valence-electron chi connectivity index (χ0n) is 15.7. The third-order valence-corrected chi connectivity index (χ3v) is 5.29. The van der Waals surface area contributed by atoms with Gasteiger partial charge in [0, 0.05) is 13.0 Å². The van der Waals surface area contributed by atoms with E-state index in [9.17, 15) is 4.79 Å². The SMILES string of the molecule is Cc1ccc(/C=C/C(=O)CCN2CCC(Cc3ccccc3)CC2)cc1. The molecule has 0 aliphatic carbocycles. The predicted octanol–water partition coefficient (Wildman–Crippen LogP) is 4.92. The number of aryl methyl sites for hydroxylation is 1. The van der Waals surface area contributed by atoms with Crippen molar-refractivity contribution < 1.29 is 4.79 Å². The van der Waals surface area contributed by atoms with Gasteiger partial charge in [0.15, 0.2) is 5.78 Å². The van der Waals surface area contributed by atoms with Gasteiger partial charge in [0.1, 0.15) is 0 Å². The molecule has 0 saturated carbocycles. The van der Waals surface area contributed by atoms with Crippen LogP contribution in [0.4, 0.5) is 0 Å². The van der Waals surface area contributed by atoms with E-state index in [2.05, 4.69) is 66.4 Å². The molecule has 2 aromatic carbocycles. The van der Waals surface area contributed by atoms with Crippen molar-refractivity contribution in [3.05, 3.63) is 77.4 Å². The fourth-order valence-electron chi connectivity index (χ4n) is 3.58. The van der Waals surface area contributed by atoms with Gasteiger partial charge in [0.05, 0.1) is 0 Å². The van der Waals surface area contributed by atoms with Crippen LogP contribution in [0.2, 0.25) is 0 Å². The Morgan fingerprint density at radius 2 is 1.73 bits per heavy atom. The molecule has 2 heteroatoms. The lowest BCUT2D eigenvalue weighted by Crippen LogP contribution is -2.35. The molecule has 1 aliphatic heterocycles. The summed E-state index contributed by atoms with van der Waals surface area (Å²) in [6.45, 7) is 5.19. The highest BCUT2D eigenvalue weighted by atomic mass is 16.1. The maximum atomic E-state index is 12.1. The molecule has 0 unspecified atom stereocenters. The van der Waals surface area contributed by atoms with Crippen molar-refractivity contribution in [1.29, 1.82) is 0 Å². The number of piperidine rings is 1. The van der Waals surface area contributed by atoms with E-state index >= 15 is 0 Å². The van der Waals surface area contributed by atoms with Gasteiger partial charge >= 0.3 is 0 Å². The minimum absolute atomic E-state index is 0.219. The normalized spacial score (nSPS) is 16.2.